The van der Waals surface area contributed by atoms with E-state index in [9.17, 15) is 8.78 Å². The number of nitrogens with one attached hydrogen (secondary N) is 1. The van der Waals surface area contributed by atoms with Gasteiger partial charge in [-0.3, -0.25) is 0 Å². The first-order chi connectivity index (χ1) is 6.15. The molecule has 0 spiro atoms. The molecule has 0 heterocycles. The first-order valence-corrected chi connectivity index (χ1v) is 4.07. The molecule has 0 saturated heterocycles. The number of alkyl halides is 1. The minimum atomic E-state index is -0.579. The second kappa shape index (κ2) is 4.28. The van der Waals surface area contributed by atoms with Gasteiger partial charge in [-0.15, -0.1) is 0 Å². The average Bonchev–Trinajstić information content (AvgIpc) is 2.09. The molecule has 0 aliphatic heterocycles. The molecule has 13 heavy (non-hydrogen) atoms. The molecule has 0 atom stereocenters. The number of anilines is 2. The van der Waals surface area contributed by atoms with Crippen LogP contribution in [0, 0.1) is 5.82 Å². The van der Waals surface area contributed by atoms with Crippen LogP contribution in [0.5, 0.6) is 0 Å². The molecular formula is C8H9ClF2N2. The molecule has 72 valence electrons. The van der Waals surface area contributed by atoms with Crippen molar-refractivity contribution in [3.05, 3.63) is 23.0 Å². The Hall–Kier alpha value is -1.03. The van der Waals surface area contributed by atoms with Crippen LogP contribution in [0.25, 0.3) is 0 Å². The van der Waals surface area contributed by atoms with Gasteiger partial charge in [-0.1, -0.05) is 11.6 Å². The van der Waals surface area contributed by atoms with Crippen LogP contribution < -0.4 is 11.1 Å². The Kier molecular flexibility index (Phi) is 3.31. The predicted molar refractivity (Wildman–Crippen MR) is 50.3 cm³/mol. The summed E-state index contributed by atoms with van der Waals surface area (Å²) in [6.45, 7) is -0.388. The zero-order valence-corrected chi connectivity index (χ0v) is 7.54. The molecule has 1 aromatic rings. The van der Waals surface area contributed by atoms with E-state index in [0.717, 1.165) is 6.07 Å². The van der Waals surface area contributed by atoms with Gasteiger partial charge in [0.05, 0.1) is 16.4 Å². The topological polar surface area (TPSA) is 38.0 Å². The van der Waals surface area contributed by atoms with Crippen molar-refractivity contribution in [2.45, 2.75) is 0 Å². The van der Waals surface area contributed by atoms with Crippen molar-refractivity contribution in [1.29, 1.82) is 0 Å². The molecule has 0 unspecified atom stereocenters. The van der Waals surface area contributed by atoms with Crippen LogP contribution in [0.2, 0.25) is 5.02 Å². The van der Waals surface area contributed by atoms with Crippen molar-refractivity contribution < 1.29 is 8.78 Å². The molecule has 0 fully saturated rings. The summed E-state index contributed by atoms with van der Waals surface area (Å²) in [4.78, 5) is 0. The van der Waals surface area contributed by atoms with Crippen molar-refractivity contribution >= 4 is 23.0 Å². The van der Waals surface area contributed by atoms with Crippen LogP contribution in [0.4, 0.5) is 20.2 Å². The van der Waals surface area contributed by atoms with E-state index < -0.39 is 12.5 Å². The maximum atomic E-state index is 12.8. The Morgan fingerprint density at radius 2 is 2.15 bits per heavy atom. The van der Waals surface area contributed by atoms with Gasteiger partial charge in [-0.25, -0.2) is 8.78 Å². The lowest BCUT2D eigenvalue weighted by atomic mass is 10.2. The second-order valence-electron chi connectivity index (χ2n) is 2.47. The third-order valence-electron chi connectivity index (χ3n) is 1.50. The third kappa shape index (κ3) is 2.45. The summed E-state index contributed by atoms with van der Waals surface area (Å²) in [6, 6.07) is 2.44. The van der Waals surface area contributed by atoms with Crippen LogP contribution in [0.1, 0.15) is 0 Å². The van der Waals surface area contributed by atoms with Crippen molar-refractivity contribution in [3.8, 4) is 0 Å². The van der Waals surface area contributed by atoms with E-state index in [4.69, 9.17) is 17.3 Å². The Labute approximate surface area is 79.7 Å². The Morgan fingerprint density at radius 3 is 2.77 bits per heavy atom. The fourth-order valence-corrected chi connectivity index (χ4v) is 1.06. The lowest BCUT2D eigenvalue weighted by Gasteiger charge is -2.08. The van der Waals surface area contributed by atoms with Crippen LogP contribution >= 0.6 is 11.6 Å². The molecule has 1 rings (SSSR count). The van der Waals surface area contributed by atoms with Crippen molar-refractivity contribution in [3.63, 3.8) is 0 Å². The summed E-state index contributed by atoms with van der Waals surface area (Å²) in [6.07, 6.45) is 0. The van der Waals surface area contributed by atoms with Gasteiger partial charge in [-0.2, -0.15) is 0 Å². The average molecular weight is 207 g/mol. The van der Waals surface area contributed by atoms with E-state index in [1.54, 1.807) is 0 Å². The van der Waals surface area contributed by atoms with Gasteiger partial charge in [0.2, 0.25) is 0 Å². The number of nitrogen functional groups attached to an aromatic ring is 1. The van der Waals surface area contributed by atoms with E-state index in [1.165, 1.54) is 6.07 Å². The monoisotopic (exact) mass is 206 g/mol. The van der Waals surface area contributed by atoms with E-state index in [2.05, 4.69) is 5.32 Å². The van der Waals surface area contributed by atoms with Crippen molar-refractivity contribution in [2.24, 2.45) is 0 Å². The first kappa shape index (κ1) is 10.1. The molecule has 0 aliphatic carbocycles. The van der Waals surface area contributed by atoms with E-state index in [0.29, 0.717) is 5.69 Å². The van der Waals surface area contributed by atoms with E-state index in [1.807, 2.05) is 0 Å². The van der Waals surface area contributed by atoms with Crippen molar-refractivity contribution in [1.82, 2.24) is 0 Å². The number of halogens is 3. The van der Waals surface area contributed by atoms with Crippen LogP contribution in [-0.4, -0.2) is 13.2 Å². The van der Waals surface area contributed by atoms with Crippen LogP contribution in [0.15, 0.2) is 12.1 Å². The highest BCUT2D eigenvalue weighted by Gasteiger charge is 2.05. The minimum absolute atomic E-state index is 0.0319. The fraction of sp³-hybridized carbons (Fsp3) is 0.250. The Balaban J connectivity index is 2.88. The largest absolute Gasteiger partial charge is 0.397 e. The highest BCUT2D eigenvalue weighted by atomic mass is 35.5. The molecule has 0 aliphatic rings. The highest BCUT2D eigenvalue weighted by molar-refractivity contribution is 6.31. The quantitative estimate of drug-likeness (QED) is 0.746. The summed E-state index contributed by atoms with van der Waals surface area (Å²) >= 11 is 5.50. The number of benzene rings is 1. The maximum absolute atomic E-state index is 12.8. The van der Waals surface area contributed by atoms with Gasteiger partial charge in [0.15, 0.2) is 0 Å². The summed E-state index contributed by atoms with van der Waals surface area (Å²) < 4.78 is 24.5. The van der Waals surface area contributed by atoms with E-state index in [-0.39, 0.29) is 17.3 Å². The van der Waals surface area contributed by atoms with Gasteiger partial charge in [0.1, 0.15) is 12.5 Å². The first-order valence-electron chi connectivity index (χ1n) is 3.69. The number of hydrogen-bond donors (Lipinski definition) is 2. The standard InChI is InChI=1S/C8H9ClF2N2/c9-5-3-8(13-2-1-10)7(12)4-6(5)11/h3-4,13H,1-2,12H2. The molecule has 0 bridgehead atoms. The van der Waals surface area contributed by atoms with Gasteiger partial charge in [0, 0.05) is 12.6 Å². The molecule has 2 nitrogen and oxygen atoms in total. The predicted octanol–water partition coefficient (Wildman–Crippen LogP) is 2.44. The number of rotatable bonds is 3. The SMILES string of the molecule is Nc1cc(F)c(Cl)cc1NCCF. The van der Waals surface area contributed by atoms with Crippen molar-refractivity contribution in [2.75, 3.05) is 24.3 Å². The number of nitrogens with two attached hydrogens (primary N) is 1. The zero-order chi connectivity index (χ0) is 9.84. The zero-order valence-electron chi connectivity index (χ0n) is 6.78. The molecule has 0 amide bonds. The lowest BCUT2D eigenvalue weighted by Crippen LogP contribution is -2.05. The molecule has 0 aromatic heterocycles. The third-order valence-corrected chi connectivity index (χ3v) is 1.79. The van der Waals surface area contributed by atoms with Gasteiger partial charge < -0.3 is 11.1 Å². The number of hydrogen-bond acceptors (Lipinski definition) is 2. The normalized spacial score (nSPS) is 10.1. The van der Waals surface area contributed by atoms with E-state index >= 15 is 0 Å². The minimum Gasteiger partial charge on any atom is -0.397 e. The summed E-state index contributed by atoms with van der Waals surface area (Å²) in [5, 5.41) is 2.65. The maximum Gasteiger partial charge on any atom is 0.143 e. The Bertz CT molecular complexity index is 304. The van der Waals surface area contributed by atoms with Crippen LogP contribution in [0.3, 0.4) is 0 Å². The molecule has 3 N–H and O–H groups in total. The van der Waals surface area contributed by atoms with Crippen LogP contribution in [-0.2, 0) is 0 Å². The molecule has 0 radical (unpaired) electrons. The van der Waals surface area contributed by atoms with Gasteiger partial charge in [0.25, 0.3) is 0 Å². The molecule has 5 heteroatoms. The summed E-state index contributed by atoms with van der Waals surface area (Å²) in [5.41, 5.74) is 6.11. The Morgan fingerprint density at radius 1 is 1.46 bits per heavy atom. The van der Waals surface area contributed by atoms with Gasteiger partial charge >= 0.3 is 0 Å². The molecule has 0 saturated carbocycles. The summed E-state index contributed by atoms with van der Waals surface area (Å²) in [7, 11) is 0. The fourth-order valence-electron chi connectivity index (χ4n) is 0.897. The molecular weight excluding hydrogens is 198 g/mol. The molecule has 1 aromatic carbocycles. The highest BCUT2D eigenvalue weighted by Crippen LogP contribution is 2.25. The summed E-state index contributed by atoms with van der Waals surface area (Å²) in [5.74, 6) is -0.579. The van der Waals surface area contributed by atoms with Gasteiger partial charge in [-0.05, 0) is 6.07 Å². The smallest absolute Gasteiger partial charge is 0.143 e. The lowest BCUT2D eigenvalue weighted by molar-refractivity contribution is 0.513. The second-order valence-corrected chi connectivity index (χ2v) is 2.88.